The van der Waals surface area contributed by atoms with Gasteiger partial charge >= 0.3 is 0 Å². The number of nitriles is 1. The summed E-state index contributed by atoms with van der Waals surface area (Å²) in [5.74, 6) is 0. The molecule has 23 heavy (non-hydrogen) atoms. The van der Waals surface area contributed by atoms with Crippen molar-refractivity contribution in [1.82, 2.24) is 0 Å². The lowest BCUT2D eigenvalue weighted by Crippen LogP contribution is -2.35. The number of nitrogens with two attached hydrogens (primary N) is 1. The van der Waals surface area contributed by atoms with Crippen LogP contribution in [0.1, 0.15) is 23.1 Å². The van der Waals surface area contributed by atoms with Crippen molar-refractivity contribution in [2.75, 3.05) is 6.61 Å². The minimum atomic E-state index is -0.222. The van der Waals surface area contributed by atoms with Gasteiger partial charge in [0.15, 0.2) is 0 Å². The minimum absolute atomic E-state index is 0.222. The standard InChI is InChI=1S/C19H17N3O/c20-11-13-3-1-5-15(9-13)16-6-2-4-14-7-8-19(10-17(14)16)12-23-18(21)22-19/h1-6,9H,7-8,10,12H2,(H2,21,22). The summed E-state index contributed by atoms with van der Waals surface area (Å²) in [5.41, 5.74) is 11.1. The second kappa shape index (κ2) is 5.13. The molecule has 0 aromatic heterocycles. The molecule has 114 valence electrons. The summed E-state index contributed by atoms with van der Waals surface area (Å²) in [7, 11) is 0. The third kappa shape index (κ3) is 2.35. The fourth-order valence-electron chi connectivity index (χ4n) is 3.61. The average molecular weight is 303 g/mol. The van der Waals surface area contributed by atoms with Crippen molar-refractivity contribution in [3.63, 3.8) is 0 Å². The van der Waals surface area contributed by atoms with Crippen LogP contribution < -0.4 is 5.73 Å². The van der Waals surface area contributed by atoms with E-state index in [9.17, 15) is 0 Å². The highest BCUT2D eigenvalue weighted by atomic mass is 16.5. The highest BCUT2D eigenvalue weighted by Crippen LogP contribution is 2.39. The number of nitrogens with zero attached hydrogens (tertiary/aromatic N) is 2. The van der Waals surface area contributed by atoms with E-state index in [-0.39, 0.29) is 5.54 Å². The smallest absolute Gasteiger partial charge is 0.282 e. The minimum Gasteiger partial charge on any atom is -0.463 e. The zero-order valence-corrected chi connectivity index (χ0v) is 12.7. The van der Waals surface area contributed by atoms with Crippen LogP contribution in [0.25, 0.3) is 11.1 Å². The summed E-state index contributed by atoms with van der Waals surface area (Å²) in [6.07, 6.45) is 2.76. The van der Waals surface area contributed by atoms with E-state index in [0.29, 0.717) is 18.2 Å². The summed E-state index contributed by atoms with van der Waals surface area (Å²) >= 11 is 0. The van der Waals surface area contributed by atoms with Gasteiger partial charge in [0.2, 0.25) is 0 Å². The lowest BCUT2D eigenvalue weighted by molar-refractivity contribution is 0.235. The van der Waals surface area contributed by atoms with Crippen LogP contribution in [-0.4, -0.2) is 18.2 Å². The molecule has 4 heteroatoms. The van der Waals surface area contributed by atoms with E-state index in [1.807, 2.05) is 18.2 Å². The predicted molar refractivity (Wildman–Crippen MR) is 88.9 cm³/mol. The van der Waals surface area contributed by atoms with Crippen LogP contribution in [0.3, 0.4) is 0 Å². The summed E-state index contributed by atoms with van der Waals surface area (Å²) in [6.45, 7) is 0.560. The summed E-state index contributed by atoms with van der Waals surface area (Å²) in [6, 6.07) is 16.7. The first-order valence-electron chi connectivity index (χ1n) is 7.79. The molecule has 1 aliphatic carbocycles. The maximum absolute atomic E-state index is 9.15. The first-order chi connectivity index (χ1) is 11.2. The Balaban J connectivity index is 1.81. The number of rotatable bonds is 1. The van der Waals surface area contributed by atoms with Crippen molar-refractivity contribution in [2.45, 2.75) is 24.8 Å². The van der Waals surface area contributed by atoms with Gasteiger partial charge in [0, 0.05) is 6.42 Å². The first kappa shape index (κ1) is 13.8. The Kier molecular flexibility index (Phi) is 3.09. The molecule has 2 aromatic rings. The molecule has 0 saturated heterocycles. The Labute approximate surface area is 135 Å². The lowest BCUT2D eigenvalue weighted by atomic mass is 9.76. The Hall–Kier alpha value is -2.80. The number of fused-ring (bicyclic) bond motifs is 1. The van der Waals surface area contributed by atoms with Gasteiger partial charge in [-0.2, -0.15) is 5.26 Å². The van der Waals surface area contributed by atoms with Crippen molar-refractivity contribution in [3.05, 3.63) is 59.2 Å². The number of aryl methyl sites for hydroxylation is 1. The zero-order chi connectivity index (χ0) is 15.9. The number of hydrogen-bond acceptors (Lipinski definition) is 4. The SMILES string of the molecule is N#Cc1cccc(-c2cccc3c2CC2(CC3)COC(N)=N2)c1. The van der Waals surface area contributed by atoms with E-state index >= 15 is 0 Å². The van der Waals surface area contributed by atoms with Gasteiger partial charge in [0.1, 0.15) is 12.1 Å². The predicted octanol–water partition coefficient (Wildman–Crippen LogP) is 2.80. The van der Waals surface area contributed by atoms with Crippen molar-refractivity contribution in [2.24, 2.45) is 10.7 Å². The number of amidine groups is 1. The molecule has 2 aliphatic rings. The topological polar surface area (TPSA) is 71.4 Å². The number of benzene rings is 2. The molecule has 1 unspecified atom stereocenters. The molecular formula is C19H17N3O. The fraction of sp³-hybridized carbons (Fsp3) is 0.263. The van der Waals surface area contributed by atoms with Crippen LogP contribution in [0, 0.1) is 11.3 Å². The number of ether oxygens (including phenoxy) is 1. The molecule has 4 nitrogen and oxygen atoms in total. The van der Waals surface area contributed by atoms with E-state index < -0.39 is 0 Å². The van der Waals surface area contributed by atoms with E-state index in [4.69, 9.17) is 15.7 Å². The molecule has 0 fully saturated rings. The van der Waals surface area contributed by atoms with Gasteiger partial charge in [0.25, 0.3) is 6.02 Å². The van der Waals surface area contributed by atoms with Crippen LogP contribution in [0.2, 0.25) is 0 Å². The number of hydrogen-bond donors (Lipinski definition) is 1. The molecule has 2 N–H and O–H groups in total. The van der Waals surface area contributed by atoms with E-state index in [0.717, 1.165) is 24.8 Å². The van der Waals surface area contributed by atoms with Crippen molar-refractivity contribution in [3.8, 4) is 17.2 Å². The van der Waals surface area contributed by atoms with Crippen LogP contribution in [0.4, 0.5) is 0 Å². The molecule has 4 rings (SSSR count). The van der Waals surface area contributed by atoms with Gasteiger partial charge in [-0.1, -0.05) is 30.3 Å². The highest BCUT2D eigenvalue weighted by molar-refractivity contribution is 5.75. The van der Waals surface area contributed by atoms with Gasteiger partial charge in [-0.15, -0.1) is 0 Å². The quantitative estimate of drug-likeness (QED) is 0.880. The molecule has 1 atom stereocenters. The van der Waals surface area contributed by atoms with Crippen molar-refractivity contribution >= 4 is 6.02 Å². The normalized spacial score (nSPS) is 22.1. The molecule has 0 radical (unpaired) electrons. The molecular weight excluding hydrogens is 286 g/mol. The second-order valence-electron chi connectivity index (χ2n) is 6.28. The Morgan fingerprint density at radius 2 is 2.09 bits per heavy atom. The Morgan fingerprint density at radius 1 is 1.22 bits per heavy atom. The summed E-state index contributed by atoms with van der Waals surface area (Å²) < 4.78 is 5.43. The maximum atomic E-state index is 9.15. The molecule has 0 amide bonds. The molecule has 0 bridgehead atoms. The van der Waals surface area contributed by atoms with Crippen molar-refractivity contribution in [1.29, 1.82) is 5.26 Å². The van der Waals surface area contributed by atoms with Crippen LogP contribution in [0.5, 0.6) is 0 Å². The number of aliphatic imine (C=N–C) groups is 1. The zero-order valence-electron chi connectivity index (χ0n) is 12.7. The Bertz CT molecular complexity index is 850. The second-order valence-corrected chi connectivity index (χ2v) is 6.28. The van der Waals surface area contributed by atoms with Crippen LogP contribution in [-0.2, 0) is 17.6 Å². The van der Waals surface area contributed by atoms with Gasteiger partial charge in [-0.05, 0) is 47.2 Å². The van der Waals surface area contributed by atoms with Crippen molar-refractivity contribution < 1.29 is 4.74 Å². The molecule has 2 aromatic carbocycles. The first-order valence-corrected chi connectivity index (χ1v) is 7.79. The van der Waals surface area contributed by atoms with Gasteiger partial charge in [-0.3, -0.25) is 0 Å². The molecule has 0 saturated carbocycles. The molecule has 1 aliphatic heterocycles. The van der Waals surface area contributed by atoms with E-state index in [1.54, 1.807) is 0 Å². The van der Waals surface area contributed by atoms with Crippen LogP contribution in [0.15, 0.2) is 47.5 Å². The third-order valence-electron chi connectivity index (χ3n) is 4.78. The highest BCUT2D eigenvalue weighted by Gasteiger charge is 2.40. The summed E-state index contributed by atoms with van der Waals surface area (Å²) in [4.78, 5) is 4.57. The third-order valence-corrected chi connectivity index (χ3v) is 4.78. The Morgan fingerprint density at radius 3 is 2.87 bits per heavy atom. The van der Waals surface area contributed by atoms with E-state index in [1.165, 1.54) is 16.7 Å². The van der Waals surface area contributed by atoms with Crippen LogP contribution >= 0.6 is 0 Å². The lowest BCUT2D eigenvalue weighted by Gasteiger charge is -2.31. The van der Waals surface area contributed by atoms with E-state index in [2.05, 4.69) is 35.3 Å². The maximum Gasteiger partial charge on any atom is 0.282 e. The van der Waals surface area contributed by atoms with Gasteiger partial charge in [0.05, 0.1) is 11.6 Å². The van der Waals surface area contributed by atoms with Gasteiger partial charge in [-0.25, -0.2) is 4.99 Å². The summed E-state index contributed by atoms with van der Waals surface area (Å²) in [5, 5.41) is 9.15. The average Bonchev–Trinajstić information content (AvgIpc) is 2.94. The molecule has 1 spiro atoms. The monoisotopic (exact) mass is 303 g/mol. The van der Waals surface area contributed by atoms with Gasteiger partial charge < -0.3 is 10.5 Å². The fourth-order valence-corrected chi connectivity index (χ4v) is 3.61. The largest absolute Gasteiger partial charge is 0.463 e. The molecule has 1 heterocycles.